The van der Waals surface area contributed by atoms with Gasteiger partial charge in [0.1, 0.15) is 17.4 Å². The van der Waals surface area contributed by atoms with Crippen LogP contribution >= 0.6 is 0 Å². The van der Waals surface area contributed by atoms with E-state index in [0.717, 1.165) is 40.0 Å². The van der Waals surface area contributed by atoms with Crippen molar-refractivity contribution in [2.75, 3.05) is 7.05 Å². The molecule has 2 N–H and O–H groups in total. The van der Waals surface area contributed by atoms with Gasteiger partial charge in [0.15, 0.2) is 5.75 Å². The SMILES string of the molecule is CNC(=O)c1cc2c(nc(C)n2C)c2c1CC[C@@H](c1ccccc1C(C)O)O2. The Hall–Kier alpha value is -2.86. The number of amides is 1. The van der Waals surface area contributed by atoms with Crippen LogP contribution < -0.4 is 10.1 Å². The number of hydrogen-bond donors (Lipinski definition) is 2. The Morgan fingerprint density at radius 3 is 2.86 bits per heavy atom. The first-order valence-electron chi connectivity index (χ1n) is 9.56. The molecule has 3 aromatic rings. The molecule has 28 heavy (non-hydrogen) atoms. The summed E-state index contributed by atoms with van der Waals surface area (Å²) in [5.41, 5.74) is 5.04. The van der Waals surface area contributed by atoms with Gasteiger partial charge in [0.2, 0.25) is 0 Å². The van der Waals surface area contributed by atoms with Gasteiger partial charge in [-0.1, -0.05) is 24.3 Å². The maximum Gasteiger partial charge on any atom is 0.251 e. The fourth-order valence-electron chi connectivity index (χ4n) is 4.04. The van der Waals surface area contributed by atoms with Crippen LogP contribution in [0, 0.1) is 6.92 Å². The lowest BCUT2D eigenvalue weighted by molar-refractivity contribution is 0.0959. The molecule has 6 nitrogen and oxygen atoms in total. The summed E-state index contributed by atoms with van der Waals surface area (Å²) >= 11 is 0. The van der Waals surface area contributed by atoms with E-state index in [1.807, 2.05) is 48.9 Å². The summed E-state index contributed by atoms with van der Waals surface area (Å²) in [6.45, 7) is 3.70. The summed E-state index contributed by atoms with van der Waals surface area (Å²) in [5, 5.41) is 12.9. The molecule has 1 aromatic heterocycles. The highest BCUT2D eigenvalue weighted by Gasteiger charge is 2.30. The molecular weight excluding hydrogens is 354 g/mol. The molecule has 0 bridgehead atoms. The van der Waals surface area contributed by atoms with E-state index in [4.69, 9.17) is 9.72 Å². The lowest BCUT2D eigenvalue weighted by Gasteiger charge is -2.29. The molecule has 146 valence electrons. The number of nitrogens with one attached hydrogen (secondary N) is 1. The molecule has 2 aromatic carbocycles. The van der Waals surface area contributed by atoms with Crippen molar-refractivity contribution >= 4 is 16.9 Å². The van der Waals surface area contributed by atoms with Crippen molar-refractivity contribution in [3.05, 3.63) is 58.4 Å². The van der Waals surface area contributed by atoms with Gasteiger partial charge in [-0.15, -0.1) is 0 Å². The van der Waals surface area contributed by atoms with Gasteiger partial charge in [-0.3, -0.25) is 4.79 Å². The van der Waals surface area contributed by atoms with Crippen LogP contribution in [0.5, 0.6) is 5.75 Å². The van der Waals surface area contributed by atoms with E-state index >= 15 is 0 Å². The monoisotopic (exact) mass is 379 g/mol. The van der Waals surface area contributed by atoms with E-state index in [-0.39, 0.29) is 12.0 Å². The number of fused-ring (bicyclic) bond motifs is 3. The number of aryl methyl sites for hydroxylation is 2. The second-order valence-corrected chi connectivity index (χ2v) is 7.35. The largest absolute Gasteiger partial charge is 0.483 e. The van der Waals surface area contributed by atoms with Gasteiger partial charge in [-0.2, -0.15) is 0 Å². The number of carbonyl (C=O) groups is 1. The Bertz CT molecular complexity index is 1070. The van der Waals surface area contributed by atoms with E-state index < -0.39 is 6.10 Å². The Balaban J connectivity index is 1.88. The van der Waals surface area contributed by atoms with Gasteiger partial charge in [0.25, 0.3) is 5.91 Å². The summed E-state index contributed by atoms with van der Waals surface area (Å²) < 4.78 is 8.43. The zero-order chi connectivity index (χ0) is 20.0. The third-order valence-corrected chi connectivity index (χ3v) is 5.64. The minimum atomic E-state index is -0.574. The number of rotatable bonds is 3. The van der Waals surface area contributed by atoms with Gasteiger partial charge in [-0.25, -0.2) is 4.98 Å². The molecule has 0 saturated carbocycles. The highest BCUT2D eigenvalue weighted by atomic mass is 16.5. The molecule has 0 fully saturated rings. The number of aromatic nitrogens is 2. The minimum Gasteiger partial charge on any atom is -0.483 e. The van der Waals surface area contributed by atoms with Crippen molar-refractivity contribution in [1.29, 1.82) is 0 Å². The van der Waals surface area contributed by atoms with E-state index in [9.17, 15) is 9.90 Å². The van der Waals surface area contributed by atoms with Gasteiger partial charge in [-0.05, 0) is 43.9 Å². The predicted octanol–water partition coefficient (Wildman–Crippen LogP) is 3.36. The number of benzene rings is 2. The van der Waals surface area contributed by atoms with Gasteiger partial charge >= 0.3 is 0 Å². The van der Waals surface area contributed by atoms with Crippen LogP contribution in [0.3, 0.4) is 0 Å². The highest BCUT2D eigenvalue weighted by molar-refractivity contribution is 6.01. The summed E-state index contributed by atoms with van der Waals surface area (Å²) in [6.07, 6.45) is 0.680. The number of ether oxygens (including phenoxy) is 1. The van der Waals surface area contributed by atoms with Crippen molar-refractivity contribution in [3.63, 3.8) is 0 Å². The average Bonchev–Trinajstić information content (AvgIpc) is 3.00. The molecule has 1 aliphatic rings. The minimum absolute atomic E-state index is 0.122. The highest BCUT2D eigenvalue weighted by Crippen LogP contribution is 2.42. The van der Waals surface area contributed by atoms with Crippen molar-refractivity contribution in [2.45, 2.75) is 38.9 Å². The summed E-state index contributed by atoms with van der Waals surface area (Å²) in [5.74, 6) is 1.42. The Morgan fingerprint density at radius 2 is 2.14 bits per heavy atom. The lowest BCUT2D eigenvalue weighted by Crippen LogP contribution is -2.24. The van der Waals surface area contributed by atoms with E-state index in [0.29, 0.717) is 17.7 Å². The standard InChI is InChI=1S/C22H25N3O3/c1-12(26)14-7-5-6-8-15(14)19-10-9-16-17(22(27)23-3)11-18-20(21(16)28-19)24-13(2)25(18)4/h5-8,11-12,19,26H,9-10H2,1-4H3,(H,23,27)/t12?,19-/m0/s1. The Morgan fingerprint density at radius 1 is 1.39 bits per heavy atom. The van der Waals surface area contributed by atoms with E-state index in [1.165, 1.54) is 0 Å². The average molecular weight is 379 g/mol. The molecule has 4 rings (SSSR count). The molecular formula is C22H25N3O3. The summed E-state index contributed by atoms with van der Waals surface area (Å²) in [6, 6.07) is 9.72. The molecule has 2 heterocycles. The van der Waals surface area contributed by atoms with Gasteiger partial charge < -0.3 is 19.7 Å². The van der Waals surface area contributed by atoms with Crippen LogP contribution in [0.25, 0.3) is 11.0 Å². The topological polar surface area (TPSA) is 76.4 Å². The first-order chi connectivity index (χ1) is 13.4. The summed E-state index contributed by atoms with van der Waals surface area (Å²) in [7, 11) is 3.58. The number of imidazole rings is 1. The molecule has 1 amide bonds. The Labute approximate surface area is 164 Å². The van der Waals surface area contributed by atoms with Crippen molar-refractivity contribution in [3.8, 4) is 5.75 Å². The van der Waals surface area contributed by atoms with Crippen LogP contribution in [0.2, 0.25) is 0 Å². The smallest absolute Gasteiger partial charge is 0.251 e. The lowest BCUT2D eigenvalue weighted by atomic mass is 9.90. The normalized spacial score (nSPS) is 17.1. The molecule has 0 radical (unpaired) electrons. The molecule has 1 unspecified atom stereocenters. The number of aliphatic hydroxyl groups is 1. The molecule has 0 aliphatic carbocycles. The molecule has 1 aliphatic heterocycles. The molecule has 0 saturated heterocycles. The molecule has 0 spiro atoms. The quantitative estimate of drug-likeness (QED) is 0.732. The van der Waals surface area contributed by atoms with Crippen LogP contribution in [0.15, 0.2) is 30.3 Å². The number of carbonyl (C=O) groups excluding carboxylic acids is 1. The fraction of sp³-hybridized carbons (Fsp3) is 0.364. The van der Waals surface area contributed by atoms with Crippen LogP contribution in [0.4, 0.5) is 0 Å². The van der Waals surface area contributed by atoms with Gasteiger partial charge in [0, 0.05) is 25.2 Å². The summed E-state index contributed by atoms with van der Waals surface area (Å²) in [4.78, 5) is 17.2. The van der Waals surface area contributed by atoms with Gasteiger partial charge in [0.05, 0.1) is 11.6 Å². The third kappa shape index (κ3) is 2.85. The first-order valence-corrected chi connectivity index (χ1v) is 9.56. The maximum atomic E-state index is 12.5. The number of aliphatic hydroxyl groups excluding tert-OH is 1. The zero-order valence-corrected chi connectivity index (χ0v) is 16.6. The fourth-order valence-corrected chi connectivity index (χ4v) is 4.04. The predicted molar refractivity (Wildman–Crippen MR) is 108 cm³/mol. The first kappa shape index (κ1) is 18.5. The van der Waals surface area contributed by atoms with Crippen molar-refractivity contribution in [1.82, 2.24) is 14.9 Å². The molecule has 2 atom stereocenters. The van der Waals surface area contributed by atoms with Crippen LogP contribution in [0.1, 0.15) is 58.4 Å². The molecule has 6 heteroatoms. The van der Waals surface area contributed by atoms with E-state index in [1.54, 1.807) is 14.0 Å². The number of nitrogens with zero attached hydrogens (tertiary/aromatic N) is 2. The maximum absolute atomic E-state index is 12.5. The second kappa shape index (κ2) is 6.95. The third-order valence-electron chi connectivity index (χ3n) is 5.64. The Kier molecular flexibility index (Phi) is 4.59. The van der Waals surface area contributed by atoms with Crippen molar-refractivity contribution < 1.29 is 14.6 Å². The van der Waals surface area contributed by atoms with Crippen molar-refractivity contribution in [2.24, 2.45) is 7.05 Å². The van der Waals surface area contributed by atoms with E-state index in [2.05, 4.69) is 5.32 Å². The second-order valence-electron chi connectivity index (χ2n) is 7.35. The zero-order valence-electron chi connectivity index (χ0n) is 16.6. The van der Waals surface area contributed by atoms with Crippen LogP contribution in [-0.4, -0.2) is 27.6 Å². The van der Waals surface area contributed by atoms with Crippen LogP contribution in [-0.2, 0) is 13.5 Å². The number of hydrogen-bond acceptors (Lipinski definition) is 4.